The molecule has 0 atom stereocenters. The fraction of sp³-hybridized carbons (Fsp3) is 0.909. The van der Waals surface area contributed by atoms with Crippen LogP contribution in [0.25, 0.3) is 0 Å². The van der Waals surface area contributed by atoms with Gasteiger partial charge in [-0.1, -0.05) is 0 Å². The van der Waals surface area contributed by atoms with E-state index in [0.717, 1.165) is 5.96 Å². The molecule has 1 heterocycles. The average molecular weight is 387 g/mol. The zero-order chi connectivity index (χ0) is 12.7. The lowest BCUT2D eigenvalue weighted by Gasteiger charge is -2.39. The van der Waals surface area contributed by atoms with Gasteiger partial charge in [0.25, 0.3) is 0 Å². The molecule has 2 fully saturated rings. The van der Waals surface area contributed by atoms with Crippen molar-refractivity contribution in [3.63, 3.8) is 0 Å². The van der Waals surface area contributed by atoms with E-state index in [1.54, 1.807) is 20.9 Å². The Morgan fingerprint density at radius 3 is 2.44 bits per heavy atom. The summed E-state index contributed by atoms with van der Waals surface area (Å²) in [5.74, 6) is 1.06. The first-order valence-electron chi connectivity index (χ1n) is 6.06. The fourth-order valence-corrected chi connectivity index (χ4v) is 3.40. The highest BCUT2D eigenvalue weighted by Crippen LogP contribution is 2.25. The quantitative estimate of drug-likeness (QED) is 0.412. The van der Waals surface area contributed by atoms with Crippen LogP contribution < -0.4 is 5.32 Å². The molecule has 2 aliphatic rings. The maximum atomic E-state index is 11.9. The monoisotopic (exact) mass is 387 g/mol. The SMILES string of the molecule is CN=C(NC1CC1)N1CCS(=O)(=O)C(C)(C)C1.I. The summed E-state index contributed by atoms with van der Waals surface area (Å²) < 4.78 is 23.1. The first-order valence-corrected chi connectivity index (χ1v) is 7.71. The van der Waals surface area contributed by atoms with Crippen molar-refractivity contribution < 1.29 is 8.42 Å². The predicted octanol–water partition coefficient (Wildman–Crippen LogP) is 0.851. The van der Waals surface area contributed by atoms with E-state index in [2.05, 4.69) is 15.2 Å². The lowest BCUT2D eigenvalue weighted by molar-refractivity contribution is 0.353. The number of guanidine groups is 1. The van der Waals surface area contributed by atoms with Crippen molar-refractivity contribution >= 4 is 39.8 Å². The summed E-state index contributed by atoms with van der Waals surface area (Å²) in [6.07, 6.45) is 2.38. The van der Waals surface area contributed by atoms with Crippen LogP contribution >= 0.6 is 24.0 Å². The summed E-state index contributed by atoms with van der Waals surface area (Å²) in [6, 6.07) is 0.537. The van der Waals surface area contributed by atoms with Crippen LogP contribution in [-0.4, -0.2) is 56.0 Å². The molecule has 5 nitrogen and oxygen atoms in total. The van der Waals surface area contributed by atoms with Crippen LogP contribution in [0, 0.1) is 0 Å². The maximum Gasteiger partial charge on any atom is 0.193 e. The van der Waals surface area contributed by atoms with E-state index in [9.17, 15) is 8.42 Å². The first kappa shape index (κ1) is 16.0. The largest absolute Gasteiger partial charge is 0.354 e. The van der Waals surface area contributed by atoms with Gasteiger partial charge in [-0.2, -0.15) is 0 Å². The van der Waals surface area contributed by atoms with Gasteiger partial charge >= 0.3 is 0 Å². The minimum Gasteiger partial charge on any atom is -0.354 e. The normalized spacial score (nSPS) is 26.4. The first-order chi connectivity index (χ1) is 7.86. The number of hydrogen-bond acceptors (Lipinski definition) is 3. The number of hydrogen-bond donors (Lipinski definition) is 1. The van der Waals surface area contributed by atoms with E-state index < -0.39 is 14.6 Å². The second kappa shape index (κ2) is 5.52. The summed E-state index contributed by atoms with van der Waals surface area (Å²) in [4.78, 5) is 6.30. The molecule has 0 amide bonds. The molecule has 0 spiro atoms. The zero-order valence-corrected chi connectivity index (χ0v) is 14.3. The third kappa shape index (κ3) is 3.28. The Kier molecular flexibility index (Phi) is 4.91. The van der Waals surface area contributed by atoms with E-state index in [0.29, 0.717) is 19.1 Å². The van der Waals surface area contributed by atoms with Crippen LogP contribution in [0.1, 0.15) is 26.7 Å². The molecule has 106 valence electrons. The lowest BCUT2D eigenvalue weighted by Crippen LogP contribution is -2.57. The predicted molar refractivity (Wildman–Crippen MR) is 84.4 cm³/mol. The topological polar surface area (TPSA) is 61.8 Å². The van der Waals surface area contributed by atoms with E-state index in [-0.39, 0.29) is 29.7 Å². The van der Waals surface area contributed by atoms with E-state index in [1.165, 1.54) is 12.8 Å². The van der Waals surface area contributed by atoms with Gasteiger partial charge in [0.15, 0.2) is 15.8 Å². The molecule has 0 unspecified atom stereocenters. The molecular weight excluding hydrogens is 365 g/mol. The van der Waals surface area contributed by atoms with Gasteiger partial charge in [0, 0.05) is 26.2 Å². The minimum atomic E-state index is -2.97. The van der Waals surface area contributed by atoms with Gasteiger partial charge in [-0.25, -0.2) is 8.42 Å². The highest BCUT2D eigenvalue weighted by molar-refractivity contribution is 14.0. The third-order valence-electron chi connectivity index (χ3n) is 3.47. The van der Waals surface area contributed by atoms with Crippen LogP contribution in [0.5, 0.6) is 0 Å². The molecular formula is C11H22IN3O2S. The number of nitrogens with zero attached hydrogens (tertiary/aromatic N) is 2. The van der Waals surface area contributed by atoms with Gasteiger partial charge in [0.05, 0.1) is 10.5 Å². The molecule has 1 saturated carbocycles. The summed E-state index contributed by atoms with van der Waals surface area (Å²) >= 11 is 0. The van der Waals surface area contributed by atoms with Crippen molar-refractivity contribution in [1.82, 2.24) is 10.2 Å². The van der Waals surface area contributed by atoms with Crippen molar-refractivity contribution in [2.75, 3.05) is 25.9 Å². The Balaban J connectivity index is 0.00000162. The second-order valence-corrected chi connectivity index (χ2v) is 8.21. The van der Waals surface area contributed by atoms with Crippen LogP contribution in [0.15, 0.2) is 4.99 Å². The van der Waals surface area contributed by atoms with Crippen molar-refractivity contribution in [1.29, 1.82) is 0 Å². The lowest BCUT2D eigenvalue weighted by atomic mass is 10.2. The average Bonchev–Trinajstić information content (AvgIpc) is 3.03. The second-order valence-electron chi connectivity index (χ2n) is 5.47. The molecule has 0 aromatic rings. The maximum absolute atomic E-state index is 11.9. The van der Waals surface area contributed by atoms with Gasteiger partial charge in [-0.15, -0.1) is 24.0 Å². The Morgan fingerprint density at radius 2 is 2.00 bits per heavy atom. The molecule has 0 bridgehead atoms. The van der Waals surface area contributed by atoms with Gasteiger partial charge in [0.2, 0.25) is 0 Å². The molecule has 0 aromatic heterocycles. The van der Waals surface area contributed by atoms with Crippen molar-refractivity contribution in [2.45, 2.75) is 37.5 Å². The number of aliphatic imine (C=N–C) groups is 1. The van der Waals surface area contributed by atoms with Crippen LogP contribution in [0.4, 0.5) is 0 Å². The van der Waals surface area contributed by atoms with Crippen LogP contribution in [0.3, 0.4) is 0 Å². The number of sulfone groups is 1. The van der Waals surface area contributed by atoms with Crippen molar-refractivity contribution in [3.05, 3.63) is 0 Å². The third-order valence-corrected chi connectivity index (χ3v) is 6.00. The molecule has 1 saturated heterocycles. The molecule has 2 rings (SSSR count). The summed E-state index contributed by atoms with van der Waals surface area (Å²) in [7, 11) is -1.22. The van der Waals surface area contributed by atoms with E-state index in [1.807, 2.05) is 0 Å². The number of halogens is 1. The van der Waals surface area contributed by atoms with Crippen LogP contribution in [0.2, 0.25) is 0 Å². The molecule has 1 N–H and O–H groups in total. The molecule has 1 aliphatic carbocycles. The van der Waals surface area contributed by atoms with E-state index in [4.69, 9.17) is 0 Å². The Labute approximate surface area is 126 Å². The summed E-state index contributed by atoms with van der Waals surface area (Å²) in [6.45, 7) is 4.64. The summed E-state index contributed by atoms with van der Waals surface area (Å²) in [5, 5.41) is 3.36. The fourth-order valence-electron chi connectivity index (χ4n) is 2.03. The minimum absolute atomic E-state index is 0. The molecule has 0 aromatic carbocycles. The van der Waals surface area contributed by atoms with Gasteiger partial charge < -0.3 is 10.2 Å². The molecule has 18 heavy (non-hydrogen) atoms. The van der Waals surface area contributed by atoms with Gasteiger partial charge in [-0.3, -0.25) is 4.99 Å². The Bertz CT molecular complexity index is 430. The van der Waals surface area contributed by atoms with Gasteiger partial charge in [0.1, 0.15) is 0 Å². The van der Waals surface area contributed by atoms with Crippen molar-refractivity contribution in [3.8, 4) is 0 Å². The van der Waals surface area contributed by atoms with E-state index >= 15 is 0 Å². The van der Waals surface area contributed by atoms with Crippen LogP contribution in [-0.2, 0) is 9.84 Å². The smallest absolute Gasteiger partial charge is 0.193 e. The Morgan fingerprint density at radius 1 is 1.39 bits per heavy atom. The highest BCUT2D eigenvalue weighted by Gasteiger charge is 2.41. The number of nitrogens with one attached hydrogen (secondary N) is 1. The standard InChI is InChI=1S/C11H21N3O2S.HI/c1-11(2)8-14(6-7-17(11,15)16)10(12-3)13-9-4-5-9;/h9H,4-8H2,1-3H3,(H,12,13);1H. The number of rotatable bonds is 1. The Hall–Kier alpha value is -0.0500. The summed E-state index contributed by atoms with van der Waals surface area (Å²) in [5.41, 5.74) is 0. The molecule has 0 radical (unpaired) electrons. The highest BCUT2D eigenvalue weighted by atomic mass is 127. The molecule has 1 aliphatic heterocycles. The molecule has 7 heteroatoms. The van der Waals surface area contributed by atoms with Crippen molar-refractivity contribution in [2.24, 2.45) is 4.99 Å². The van der Waals surface area contributed by atoms with Gasteiger partial charge in [-0.05, 0) is 26.7 Å². The zero-order valence-electron chi connectivity index (χ0n) is 11.1.